The quantitative estimate of drug-likeness (QED) is 0.676. The lowest BCUT2D eigenvalue weighted by atomic mass is 10.1. The number of fused-ring (bicyclic) bond motifs is 1. The second kappa shape index (κ2) is 7.62. The highest BCUT2D eigenvalue weighted by Crippen LogP contribution is 2.18. The maximum atomic E-state index is 13.0. The molecule has 148 valence electrons. The number of aromatic nitrogens is 2. The van der Waals surface area contributed by atoms with E-state index in [1.165, 1.54) is 0 Å². The second-order valence-corrected chi connectivity index (χ2v) is 7.50. The molecule has 0 atom stereocenters. The van der Waals surface area contributed by atoms with Gasteiger partial charge in [-0.15, -0.1) is 0 Å². The van der Waals surface area contributed by atoms with E-state index in [2.05, 4.69) is 9.97 Å². The minimum Gasteiger partial charge on any atom is -0.335 e. The maximum absolute atomic E-state index is 13.0. The SMILES string of the molecule is Cc1ccccc1C(=O)N1CCN(C(=O)c2ccc3nc(C)c(C)nc3c2)CC1. The van der Waals surface area contributed by atoms with Gasteiger partial charge >= 0.3 is 0 Å². The summed E-state index contributed by atoms with van der Waals surface area (Å²) in [5, 5.41) is 0. The second-order valence-electron chi connectivity index (χ2n) is 7.50. The highest BCUT2D eigenvalue weighted by Gasteiger charge is 2.26. The van der Waals surface area contributed by atoms with Crippen molar-refractivity contribution >= 4 is 22.8 Å². The number of nitrogens with zero attached hydrogens (tertiary/aromatic N) is 4. The van der Waals surface area contributed by atoms with E-state index in [4.69, 9.17) is 0 Å². The molecule has 2 aromatic carbocycles. The van der Waals surface area contributed by atoms with Crippen LogP contribution in [0, 0.1) is 20.8 Å². The van der Waals surface area contributed by atoms with E-state index in [9.17, 15) is 9.59 Å². The Morgan fingerprint density at radius 1 is 0.759 bits per heavy atom. The number of piperazine rings is 1. The fraction of sp³-hybridized carbons (Fsp3) is 0.304. The van der Waals surface area contributed by atoms with Crippen molar-refractivity contribution in [1.29, 1.82) is 0 Å². The molecule has 0 saturated carbocycles. The standard InChI is InChI=1S/C23H24N4O2/c1-15-6-4-5-7-19(15)23(29)27-12-10-26(11-13-27)22(28)18-8-9-20-21(14-18)25-17(3)16(2)24-20/h4-9,14H,10-13H2,1-3H3. The Kier molecular flexibility index (Phi) is 5.01. The van der Waals surface area contributed by atoms with Crippen LogP contribution in [-0.2, 0) is 0 Å². The van der Waals surface area contributed by atoms with Gasteiger partial charge < -0.3 is 9.80 Å². The minimum absolute atomic E-state index is 0.0297. The van der Waals surface area contributed by atoms with Gasteiger partial charge in [0, 0.05) is 37.3 Å². The first-order chi connectivity index (χ1) is 13.9. The summed E-state index contributed by atoms with van der Waals surface area (Å²) in [6.07, 6.45) is 0. The Bertz CT molecular complexity index is 1100. The first-order valence-electron chi connectivity index (χ1n) is 9.83. The van der Waals surface area contributed by atoms with Crippen LogP contribution in [0.1, 0.15) is 37.7 Å². The average Bonchev–Trinajstić information content (AvgIpc) is 2.74. The summed E-state index contributed by atoms with van der Waals surface area (Å²) in [6, 6.07) is 13.1. The molecule has 1 aromatic heterocycles. The zero-order valence-corrected chi connectivity index (χ0v) is 17.0. The lowest BCUT2D eigenvalue weighted by Crippen LogP contribution is -2.50. The Labute approximate surface area is 170 Å². The number of benzene rings is 2. The lowest BCUT2D eigenvalue weighted by molar-refractivity contribution is 0.0535. The number of hydrogen-bond acceptors (Lipinski definition) is 4. The summed E-state index contributed by atoms with van der Waals surface area (Å²) in [4.78, 5) is 38.5. The van der Waals surface area contributed by atoms with Gasteiger partial charge in [0.05, 0.1) is 22.4 Å². The summed E-state index contributed by atoms with van der Waals surface area (Å²) >= 11 is 0. The molecule has 0 radical (unpaired) electrons. The molecular weight excluding hydrogens is 364 g/mol. The molecule has 6 heteroatoms. The van der Waals surface area contributed by atoms with Crippen LogP contribution in [0.15, 0.2) is 42.5 Å². The molecule has 1 fully saturated rings. The van der Waals surface area contributed by atoms with Gasteiger partial charge in [0.25, 0.3) is 11.8 Å². The van der Waals surface area contributed by atoms with Gasteiger partial charge in [-0.25, -0.2) is 9.97 Å². The molecule has 0 N–H and O–H groups in total. The molecule has 2 amide bonds. The van der Waals surface area contributed by atoms with Crippen LogP contribution in [0.25, 0.3) is 11.0 Å². The largest absolute Gasteiger partial charge is 0.335 e. The van der Waals surface area contributed by atoms with Crippen molar-refractivity contribution < 1.29 is 9.59 Å². The molecule has 4 rings (SSSR count). The van der Waals surface area contributed by atoms with Crippen molar-refractivity contribution in [2.75, 3.05) is 26.2 Å². The van der Waals surface area contributed by atoms with Crippen LogP contribution in [0.3, 0.4) is 0 Å². The number of rotatable bonds is 2. The molecule has 29 heavy (non-hydrogen) atoms. The van der Waals surface area contributed by atoms with E-state index >= 15 is 0 Å². The highest BCUT2D eigenvalue weighted by molar-refractivity contribution is 5.98. The Morgan fingerprint density at radius 2 is 1.34 bits per heavy atom. The molecule has 0 aliphatic carbocycles. The van der Waals surface area contributed by atoms with Crippen LogP contribution in [0.2, 0.25) is 0 Å². The molecule has 0 spiro atoms. The zero-order valence-electron chi connectivity index (χ0n) is 17.0. The molecular formula is C23H24N4O2. The molecule has 1 aliphatic rings. The Balaban J connectivity index is 1.46. The summed E-state index contributed by atoms with van der Waals surface area (Å²) < 4.78 is 0. The highest BCUT2D eigenvalue weighted by atomic mass is 16.2. The predicted molar refractivity (Wildman–Crippen MR) is 112 cm³/mol. The number of carbonyl (C=O) groups excluding carboxylic acids is 2. The minimum atomic E-state index is -0.0325. The van der Waals surface area contributed by atoms with Gasteiger partial charge in [-0.2, -0.15) is 0 Å². The monoisotopic (exact) mass is 388 g/mol. The normalized spacial score (nSPS) is 14.3. The molecule has 1 aliphatic heterocycles. The topological polar surface area (TPSA) is 66.4 Å². The molecule has 1 saturated heterocycles. The maximum Gasteiger partial charge on any atom is 0.254 e. The van der Waals surface area contributed by atoms with Crippen LogP contribution in [0.5, 0.6) is 0 Å². The van der Waals surface area contributed by atoms with Gasteiger partial charge in [0.2, 0.25) is 0 Å². The number of amides is 2. The fourth-order valence-electron chi connectivity index (χ4n) is 3.64. The van der Waals surface area contributed by atoms with Gasteiger partial charge in [-0.1, -0.05) is 18.2 Å². The van der Waals surface area contributed by atoms with E-state index in [0.29, 0.717) is 31.7 Å². The lowest BCUT2D eigenvalue weighted by Gasteiger charge is -2.35. The summed E-state index contributed by atoms with van der Waals surface area (Å²) in [5.41, 5.74) is 5.58. The predicted octanol–water partition coefficient (Wildman–Crippen LogP) is 3.15. The van der Waals surface area contributed by atoms with Gasteiger partial charge in [-0.3, -0.25) is 9.59 Å². The Hall–Kier alpha value is -3.28. The molecule has 2 heterocycles. The van der Waals surface area contributed by atoms with E-state index in [-0.39, 0.29) is 11.8 Å². The van der Waals surface area contributed by atoms with Crippen LogP contribution in [0.4, 0.5) is 0 Å². The molecule has 3 aromatic rings. The third-order valence-electron chi connectivity index (χ3n) is 5.55. The summed E-state index contributed by atoms with van der Waals surface area (Å²) in [7, 11) is 0. The molecule has 0 bridgehead atoms. The average molecular weight is 388 g/mol. The zero-order chi connectivity index (χ0) is 20.5. The van der Waals surface area contributed by atoms with Crippen LogP contribution < -0.4 is 0 Å². The van der Waals surface area contributed by atoms with E-state index in [1.54, 1.807) is 11.0 Å². The smallest absolute Gasteiger partial charge is 0.254 e. The van der Waals surface area contributed by atoms with E-state index in [0.717, 1.165) is 33.5 Å². The van der Waals surface area contributed by atoms with Crippen molar-refractivity contribution in [2.45, 2.75) is 20.8 Å². The fourth-order valence-corrected chi connectivity index (χ4v) is 3.64. The molecule has 6 nitrogen and oxygen atoms in total. The number of aryl methyl sites for hydroxylation is 3. The first-order valence-corrected chi connectivity index (χ1v) is 9.83. The van der Waals surface area contributed by atoms with Crippen LogP contribution >= 0.6 is 0 Å². The first kappa shape index (κ1) is 19.1. The van der Waals surface area contributed by atoms with Gasteiger partial charge in [0.15, 0.2) is 0 Å². The van der Waals surface area contributed by atoms with Crippen LogP contribution in [-0.4, -0.2) is 57.8 Å². The number of carbonyl (C=O) groups is 2. The van der Waals surface area contributed by atoms with E-state index < -0.39 is 0 Å². The van der Waals surface area contributed by atoms with Gasteiger partial charge in [0.1, 0.15) is 0 Å². The van der Waals surface area contributed by atoms with E-state index in [1.807, 2.05) is 62.1 Å². The van der Waals surface area contributed by atoms with Crippen molar-refractivity contribution in [1.82, 2.24) is 19.8 Å². The van der Waals surface area contributed by atoms with Crippen molar-refractivity contribution in [3.05, 3.63) is 70.5 Å². The van der Waals surface area contributed by atoms with Crippen molar-refractivity contribution in [3.8, 4) is 0 Å². The molecule has 0 unspecified atom stereocenters. The summed E-state index contributed by atoms with van der Waals surface area (Å²) in [6.45, 7) is 7.90. The van der Waals surface area contributed by atoms with Crippen molar-refractivity contribution in [3.63, 3.8) is 0 Å². The summed E-state index contributed by atoms with van der Waals surface area (Å²) in [5.74, 6) is -0.00283. The van der Waals surface area contributed by atoms with Gasteiger partial charge in [-0.05, 0) is 50.6 Å². The third kappa shape index (κ3) is 3.70. The third-order valence-corrected chi connectivity index (χ3v) is 5.55. The van der Waals surface area contributed by atoms with Crippen molar-refractivity contribution in [2.24, 2.45) is 0 Å². The Morgan fingerprint density at radius 3 is 2.00 bits per heavy atom. The number of hydrogen-bond donors (Lipinski definition) is 0.